The first-order chi connectivity index (χ1) is 11.9. The SMILES string of the molecule is COc1ccc2c(c1)CCC[C@H]2CNS(=O)(=O)c1cn(C(C)C)cn1. The molecule has 0 spiro atoms. The van der Waals surface area contributed by atoms with Gasteiger partial charge in [0.05, 0.1) is 13.4 Å². The number of aryl methyl sites for hydroxylation is 1. The van der Waals surface area contributed by atoms with Gasteiger partial charge in [-0.25, -0.2) is 18.1 Å². The van der Waals surface area contributed by atoms with Crippen LogP contribution in [0.15, 0.2) is 35.7 Å². The van der Waals surface area contributed by atoms with E-state index >= 15 is 0 Å². The summed E-state index contributed by atoms with van der Waals surface area (Å²) in [4.78, 5) is 4.04. The zero-order valence-corrected chi connectivity index (χ0v) is 15.7. The number of nitrogens with one attached hydrogen (secondary N) is 1. The number of sulfonamides is 1. The lowest BCUT2D eigenvalue weighted by Gasteiger charge is -2.26. The number of imidazole rings is 1. The van der Waals surface area contributed by atoms with Crippen molar-refractivity contribution in [1.82, 2.24) is 14.3 Å². The summed E-state index contributed by atoms with van der Waals surface area (Å²) >= 11 is 0. The van der Waals surface area contributed by atoms with Gasteiger partial charge >= 0.3 is 0 Å². The first kappa shape index (κ1) is 17.9. The second kappa shape index (κ2) is 7.17. The monoisotopic (exact) mass is 363 g/mol. The molecule has 1 heterocycles. The average Bonchev–Trinajstić information content (AvgIpc) is 3.10. The van der Waals surface area contributed by atoms with E-state index in [2.05, 4.69) is 21.8 Å². The lowest BCUT2D eigenvalue weighted by Crippen LogP contribution is -2.30. The first-order valence-corrected chi connectivity index (χ1v) is 10.1. The number of aromatic nitrogens is 2. The molecule has 1 atom stereocenters. The van der Waals surface area contributed by atoms with Crippen LogP contribution in [0.5, 0.6) is 5.75 Å². The highest BCUT2D eigenvalue weighted by Gasteiger charge is 2.24. The smallest absolute Gasteiger partial charge is 0.259 e. The number of methoxy groups -OCH3 is 1. The topological polar surface area (TPSA) is 73.2 Å². The highest BCUT2D eigenvalue weighted by atomic mass is 32.2. The molecule has 0 amide bonds. The maximum Gasteiger partial charge on any atom is 0.259 e. The maximum atomic E-state index is 12.5. The van der Waals surface area contributed by atoms with Gasteiger partial charge in [-0.3, -0.25) is 0 Å². The Morgan fingerprint density at radius 2 is 2.20 bits per heavy atom. The van der Waals surface area contributed by atoms with Crippen LogP contribution in [-0.2, 0) is 16.4 Å². The zero-order chi connectivity index (χ0) is 18.0. The van der Waals surface area contributed by atoms with Crippen molar-refractivity contribution in [3.05, 3.63) is 41.9 Å². The fraction of sp³-hybridized carbons (Fsp3) is 0.500. The van der Waals surface area contributed by atoms with Crippen LogP contribution in [0.4, 0.5) is 0 Å². The van der Waals surface area contributed by atoms with Gasteiger partial charge in [-0.1, -0.05) is 6.07 Å². The van der Waals surface area contributed by atoms with Crippen molar-refractivity contribution in [1.29, 1.82) is 0 Å². The molecule has 1 aromatic carbocycles. The molecule has 0 saturated heterocycles. The summed E-state index contributed by atoms with van der Waals surface area (Å²) in [5.74, 6) is 1.02. The summed E-state index contributed by atoms with van der Waals surface area (Å²) in [6.07, 6.45) is 6.17. The Kier molecular flexibility index (Phi) is 5.15. The fourth-order valence-corrected chi connectivity index (χ4v) is 4.27. The Morgan fingerprint density at radius 3 is 2.88 bits per heavy atom. The third-order valence-electron chi connectivity index (χ3n) is 4.76. The highest BCUT2D eigenvalue weighted by Crippen LogP contribution is 2.33. The Bertz CT molecular complexity index is 843. The second-order valence-corrected chi connectivity index (χ2v) is 8.47. The normalized spacial score (nSPS) is 17.5. The quantitative estimate of drug-likeness (QED) is 0.856. The van der Waals surface area contributed by atoms with Crippen LogP contribution < -0.4 is 9.46 Å². The predicted molar refractivity (Wildman–Crippen MR) is 96.5 cm³/mol. The molecule has 1 aromatic heterocycles. The van der Waals surface area contributed by atoms with E-state index in [-0.39, 0.29) is 17.0 Å². The maximum absolute atomic E-state index is 12.5. The van der Waals surface area contributed by atoms with Gasteiger partial charge in [-0.15, -0.1) is 0 Å². The Morgan fingerprint density at radius 1 is 1.40 bits per heavy atom. The third kappa shape index (κ3) is 3.88. The molecule has 1 aliphatic rings. The van der Waals surface area contributed by atoms with Crippen molar-refractivity contribution >= 4 is 10.0 Å². The third-order valence-corrected chi connectivity index (χ3v) is 6.07. The van der Waals surface area contributed by atoms with Crippen LogP contribution >= 0.6 is 0 Å². The number of benzene rings is 1. The average molecular weight is 363 g/mol. The van der Waals surface area contributed by atoms with Crippen molar-refractivity contribution in [2.75, 3.05) is 13.7 Å². The fourth-order valence-electron chi connectivity index (χ4n) is 3.25. The highest BCUT2D eigenvalue weighted by molar-refractivity contribution is 7.89. The molecule has 0 bridgehead atoms. The summed E-state index contributed by atoms with van der Waals surface area (Å²) in [6.45, 7) is 4.35. The van der Waals surface area contributed by atoms with Gasteiger partial charge in [0.1, 0.15) is 5.75 Å². The standard InChI is InChI=1S/C18H25N3O3S/c1-13(2)21-11-18(19-12-21)25(22,23)20-10-15-6-4-5-14-9-16(24-3)7-8-17(14)15/h7-9,11-13,15,20H,4-6,10H2,1-3H3/t15-/m0/s1. The zero-order valence-electron chi connectivity index (χ0n) is 14.9. The molecule has 1 N–H and O–H groups in total. The van der Waals surface area contributed by atoms with E-state index in [1.807, 2.05) is 19.9 Å². The van der Waals surface area contributed by atoms with Gasteiger partial charge < -0.3 is 9.30 Å². The van der Waals surface area contributed by atoms with E-state index in [0.29, 0.717) is 6.54 Å². The van der Waals surface area contributed by atoms with Gasteiger partial charge in [0.15, 0.2) is 5.03 Å². The summed E-state index contributed by atoms with van der Waals surface area (Å²) in [5, 5.41) is 0.0759. The number of hydrogen-bond donors (Lipinski definition) is 1. The first-order valence-electron chi connectivity index (χ1n) is 8.60. The molecule has 1 aliphatic carbocycles. The number of fused-ring (bicyclic) bond motifs is 1. The van der Waals surface area contributed by atoms with Gasteiger partial charge in [0.2, 0.25) is 0 Å². The Balaban J connectivity index is 1.73. The lowest BCUT2D eigenvalue weighted by atomic mass is 9.83. The molecule has 6 nitrogen and oxygen atoms in total. The summed E-state index contributed by atoms with van der Waals surface area (Å²) in [5.41, 5.74) is 2.46. The minimum Gasteiger partial charge on any atom is -0.497 e. The molecule has 0 radical (unpaired) electrons. The molecular weight excluding hydrogens is 338 g/mol. The predicted octanol–water partition coefficient (Wildman–Crippen LogP) is 2.87. The summed E-state index contributed by atoms with van der Waals surface area (Å²) < 4.78 is 34.8. The van der Waals surface area contributed by atoms with Crippen molar-refractivity contribution < 1.29 is 13.2 Å². The molecule has 0 fully saturated rings. The van der Waals surface area contributed by atoms with Gasteiger partial charge in [-0.05, 0) is 62.3 Å². The molecule has 3 rings (SSSR count). The second-order valence-electron chi connectivity index (χ2n) is 6.76. The summed E-state index contributed by atoms with van der Waals surface area (Å²) in [7, 11) is -1.94. The minimum atomic E-state index is -3.59. The van der Waals surface area contributed by atoms with Crippen LogP contribution in [0.25, 0.3) is 0 Å². The van der Waals surface area contributed by atoms with E-state index in [1.165, 1.54) is 11.1 Å². The molecule has 2 aromatic rings. The van der Waals surface area contributed by atoms with Crippen LogP contribution in [0.3, 0.4) is 0 Å². The van der Waals surface area contributed by atoms with E-state index < -0.39 is 10.0 Å². The molecule has 136 valence electrons. The number of hydrogen-bond acceptors (Lipinski definition) is 4. The minimum absolute atomic E-state index is 0.0759. The largest absolute Gasteiger partial charge is 0.497 e. The molecule has 0 saturated carbocycles. The van der Waals surface area contributed by atoms with Gasteiger partial charge in [0, 0.05) is 18.8 Å². The van der Waals surface area contributed by atoms with Crippen LogP contribution in [-0.4, -0.2) is 31.6 Å². The number of ether oxygens (including phenoxy) is 1. The van der Waals surface area contributed by atoms with Gasteiger partial charge in [0.25, 0.3) is 10.0 Å². The Labute approximate surface area is 149 Å². The van der Waals surface area contributed by atoms with Crippen LogP contribution in [0.1, 0.15) is 49.8 Å². The van der Waals surface area contributed by atoms with Crippen molar-refractivity contribution in [2.24, 2.45) is 0 Å². The van der Waals surface area contributed by atoms with Crippen LogP contribution in [0, 0.1) is 0 Å². The van der Waals surface area contributed by atoms with Crippen molar-refractivity contribution in [3.8, 4) is 5.75 Å². The van der Waals surface area contributed by atoms with E-state index in [0.717, 1.165) is 25.0 Å². The summed E-state index contributed by atoms with van der Waals surface area (Å²) in [6, 6.07) is 6.23. The Hall–Kier alpha value is -1.86. The number of nitrogens with zero attached hydrogens (tertiary/aromatic N) is 2. The number of rotatable bonds is 6. The molecular formula is C18H25N3O3S. The van der Waals surface area contributed by atoms with E-state index in [4.69, 9.17) is 4.74 Å². The van der Waals surface area contributed by atoms with E-state index in [9.17, 15) is 8.42 Å². The molecule has 25 heavy (non-hydrogen) atoms. The van der Waals surface area contributed by atoms with Crippen molar-refractivity contribution in [3.63, 3.8) is 0 Å². The van der Waals surface area contributed by atoms with Gasteiger partial charge in [-0.2, -0.15) is 0 Å². The van der Waals surface area contributed by atoms with E-state index in [1.54, 1.807) is 24.2 Å². The lowest BCUT2D eigenvalue weighted by molar-refractivity contribution is 0.412. The molecule has 7 heteroatoms. The molecule has 0 unspecified atom stereocenters. The van der Waals surface area contributed by atoms with Crippen molar-refractivity contribution in [2.45, 2.75) is 50.1 Å². The molecule has 0 aliphatic heterocycles. The van der Waals surface area contributed by atoms with Crippen LogP contribution in [0.2, 0.25) is 0 Å².